The highest BCUT2D eigenvalue weighted by atomic mass is 16.6. The fourth-order valence-electron chi connectivity index (χ4n) is 9.64. The Morgan fingerprint density at radius 1 is 1.00 bits per heavy atom. The van der Waals surface area contributed by atoms with Gasteiger partial charge in [-0.05, 0) is 113 Å². The van der Waals surface area contributed by atoms with E-state index in [-0.39, 0.29) is 30.0 Å². The average Bonchev–Trinajstić information content (AvgIpc) is 3.21. The summed E-state index contributed by atoms with van der Waals surface area (Å²) in [5.74, 6) is -0.445. The molecule has 0 radical (unpaired) electrons. The Hall–Kier alpha value is -1.55. The summed E-state index contributed by atoms with van der Waals surface area (Å²) in [5, 5.41) is 44.3. The molecule has 4 N–H and O–H groups in total. The summed E-state index contributed by atoms with van der Waals surface area (Å²) >= 11 is 0. The predicted octanol–water partition coefficient (Wildman–Crippen LogP) is 3.95. The van der Waals surface area contributed by atoms with Crippen LogP contribution in [0.1, 0.15) is 92.4 Å². The van der Waals surface area contributed by atoms with Gasteiger partial charge in [0.2, 0.25) is 0 Å². The van der Waals surface area contributed by atoms with Gasteiger partial charge < -0.3 is 29.7 Å². The number of aliphatic hydroxyl groups is 4. The summed E-state index contributed by atoms with van der Waals surface area (Å²) in [4.78, 5) is 13.6. The van der Waals surface area contributed by atoms with Crippen molar-refractivity contribution in [3.63, 3.8) is 0 Å². The predicted molar refractivity (Wildman–Crippen MR) is 163 cm³/mol. The minimum Gasteiger partial charge on any atom is -0.410 e. The maximum absolute atomic E-state index is 13.6. The van der Waals surface area contributed by atoms with Crippen LogP contribution in [-0.2, 0) is 14.1 Å². The molecule has 0 spiro atoms. The first-order valence-electron chi connectivity index (χ1n) is 15.9. The number of hydrogen-bond acceptors (Lipinski definition) is 7. The number of fused-ring (bicyclic) bond motifs is 5. The lowest BCUT2D eigenvalue weighted by atomic mass is 9.45. The van der Waals surface area contributed by atoms with Crippen molar-refractivity contribution >= 4 is 18.4 Å². The van der Waals surface area contributed by atoms with Crippen molar-refractivity contribution in [1.82, 2.24) is 0 Å². The summed E-state index contributed by atoms with van der Waals surface area (Å²) in [6, 6.07) is 9.89. The SMILES string of the molecule is COB(O[C@@](C)(CCCC(C)(C)O)C1CCC2(O)C3=CC(=O)C4C[C@@H](O)[C@@H](O)CC4(C)C3CCC12C)c1ccccc1. The van der Waals surface area contributed by atoms with Crippen LogP contribution in [0.5, 0.6) is 0 Å². The van der Waals surface area contributed by atoms with Gasteiger partial charge in [-0.25, -0.2) is 0 Å². The molecule has 8 heteroatoms. The molecule has 0 aromatic heterocycles. The first-order valence-corrected chi connectivity index (χ1v) is 15.9. The average molecular weight is 583 g/mol. The maximum Gasteiger partial charge on any atom is 0.494 e. The number of aliphatic hydroxyl groups excluding tert-OH is 2. The molecule has 0 heterocycles. The van der Waals surface area contributed by atoms with Gasteiger partial charge >= 0.3 is 7.12 Å². The molecule has 3 fully saturated rings. The van der Waals surface area contributed by atoms with Gasteiger partial charge in [-0.3, -0.25) is 4.79 Å². The summed E-state index contributed by atoms with van der Waals surface area (Å²) in [6.07, 6.45) is 5.45. The van der Waals surface area contributed by atoms with E-state index in [0.29, 0.717) is 25.7 Å². The van der Waals surface area contributed by atoms with Crippen LogP contribution in [-0.4, -0.2) is 69.4 Å². The lowest BCUT2D eigenvalue weighted by Crippen LogP contribution is -2.62. The summed E-state index contributed by atoms with van der Waals surface area (Å²) in [5.41, 5.74) is -1.97. The molecule has 9 atom stereocenters. The molecule has 1 aromatic rings. The maximum atomic E-state index is 13.6. The van der Waals surface area contributed by atoms with Crippen molar-refractivity contribution in [1.29, 1.82) is 0 Å². The second-order valence-corrected chi connectivity index (χ2v) is 15.2. The van der Waals surface area contributed by atoms with Crippen molar-refractivity contribution in [3.05, 3.63) is 42.0 Å². The topological polar surface area (TPSA) is 116 Å². The fourth-order valence-corrected chi connectivity index (χ4v) is 9.64. The molecule has 0 bridgehead atoms. The first-order chi connectivity index (χ1) is 19.6. The number of carbonyl (C=O) groups is 1. The molecule has 0 aliphatic heterocycles. The van der Waals surface area contributed by atoms with Gasteiger partial charge in [0.1, 0.15) is 0 Å². The Bertz CT molecular complexity index is 1180. The van der Waals surface area contributed by atoms with Crippen molar-refractivity contribution in [2.45, 2.75) is 121 Å². The molecular weight excluding hydrogens is 531 g/mol. The third-order valence-corrected chi connectivity index (χ3v) is 12.0. The van der Waals surface area contributed by atoms with E-state index in [1.54, 1.807) is 13.2 Å². The Labute approximate surface area is 251 Å². The lowest BCUT2D eigenvalue weighted by Gasteiger charge is -2.61. The number of hydrogen-bond donors (Lipinski definition) is 4. The summed E-state index contributed by atoms with van der Waals surface area (Å²) in [7, 11) is 1.06. The Balaban J connectivity index is 1.50. The van der Waals surface area contributed by atoms with E-state index in [4.69, 9.17) is 9.31 Å². The number of ketones is 1. The van der Waals surface area contributed by atoms with Crippen LogP contribution in [0, 0.1) is 28.6 Å². The standard InChI is InChI=1S/C34H51BO7/c1-30(2,39)15-10-16-33(5,42-35(41-6)22-11-8-7-9-12-22)29-14-18-34(40)24-19-26(36)25-20-27(37)28(38)21-31(25,3)23(24)13-17-32(29,34)4/h7-9,11-12,19,23,25,27-29,37-40H,10,13-18,20-21H2,1-6H3/t23?,25?,27-,28+,29?,31?,32?,33+,34?/m1/s1. The first kappa shape index (κ1) is 31.9. The van der Waals surface area contributed by atoms with Crippen LogP contribution in [0.4, 0.5) is 0 Å². The lowest BCUT2D eigenvalue weighted by molar-refractivity contribution is -0.159. The van der Waals surface area contributed by atoms with Crippen molar-refractivity contribution in [2.75, 3.05) is 7.11 Å². The molecule has 5 rings (SSSR count). The van der Waals surface area contributed by atoms with Gasteiger partial charge in [0.05, 0.1) is 29.0 Å². The molecule has 42 heavy (non-hydrogen) atoms. The Kier molecular flexibility index (Phi) is 8.43. The number of carbonyl (C=O) groups excluding carboxylic acids is 1. The highest BCUT2D eigenvalue weighted by molar-refractivity contribution is 6.61. The zero-order valence-corrected chi connectivity index (χ0v) is 26.3. The monoisotopic (exact) mass is 582 g/mol. The quantitative estimate of drug-likeness (QED) is 0.326. The summed E-state index contributed by atoms with van der Waals surface area (Å²) in [6.45, 7) is 10.0. The van der Waals surface area contributed by atoms with Gasteiger partial charge in [-0.15, -0.1) is 0 Å². The third-order valence-electron chi connectivity index (χ3n) is 12.0. The zero-order valence-electron chi connectivity index (χ0n) is 26.3. The molecule has 4 aliphatic rings. The largest absolute Gasteiger partial charge is 0.494 e. The van der Waals surface area contributed by atoms with E-state index in [1.807, 2.05) is 44.2 Å². The Morgan fingerprint density at radius 3 is 2.33 bits per heavy atom. The van der Waals surface area contributed by atoms with E-state index < -0.39 is 47.0 Å². The van der Waals surface area contributed by atoms with E-state index in [2.05, 4.69) is 20.8 Å². The molecule has 1 aromatic carbocycles. The molecule has 232 valence electrons. The summed E-state index contributed by atoms with van der Waals surface area (Å²) < 4.78 is 12.8. The van der Waals surface area contributed by atoms with Gasteiger partial charge in [-0.1, -0.05) is 44.2 Å². The Morgan fingerprint density at radius 2 is 1.69 bits per heavy atom. The zero-order chi connectivity index (χ0) is 30.7. The van der Waals surface area contributed by atoms with Gasteiger partial charge in [0.25, 0.3) is 0 Å². The van der Waals surface area contributed by atoms with Crippen LogP contribution < -0.4 is 5.46 Å². The minimum absolute atomic E-state index is 0.0283. The molecule has 3 saturated carbocycles. The number of allylic oxidation sites excluding steroid dienone is 1. The third kappa shape index (κ3) is 5.24. The van der Waals surface area contributed by atoms with Crippen molar-refractivity contribution in [2.24, 2.45) is 28.6 Å². The molecule has 0 saturated heterocycles. The van der Waals surface area contributed by atoms with Crippen molar-refractivity contribution in [3.8, 4) is 0 Å². The fraction of sp³-hybridized carbons (Fsp3) is 0.735. The number of benzene rings is 1. The van der Waals surface area contributed by atoms with Crippen LogP contribution in [0.25, 0.3) is 0 Å². The van der Waals surface area contributed by atoms with Gasteiger partial charge in [0, 0.05) is 18.4 Å². The molecule has 0 amide bonds. The normalized spacial score (nSPS) is 39.5. The van der Waals surface area contributed by atoms with Gasteiger partial charge in [-0.2, -0.15) is 0 Å². The minimum atomic E-state index is -1.18. The van der Waals surface area contributed by atoms with Crippen LogP contribution in [0.2, 0.25) is 0 Å². The van der Waals surface area contributed by atoms with Crippen LogP contribution in [0.15, 0.2) is 42.0 Å². The molecule has 6 unspecified atom stereocenters. The highest BCUT2D eigenvalue weighted by Gasteiger charge is 2.69. The molecule has 7 nitrogen and oxygen atoms in total. The van der Waals surface area contributed by atoms with Crippen LogP contribution >= 0.6 is 0 Å². The van der Waals surface area contributed by atoms with Gasteiger partial charge in [0.15, 0.2) is 5.78 Å². The number of rotatable bonds is 9. The van der Waals surface area contributed by atoms with E-state index in [1.165, 1.54) is 0 Å². The van der Waals surface area contributed by atoms with E-state index in [9.17, 15) is 25.2 Å². The molecular formula is C34H51BO7. The highest BCUT2D eigenvalue weighted by Crippen LogP contribution is 2.69. The molecule has 4 aliphatic carbocycles. The van der Waals surface area contributed by atoms with E-state index >= 15 is 0 Å². The second-order valence-electron chi connectivity index (χ2n) is 15.2. The van der Waals surface area contributed by atoms with Crippen LogP contribution in [0.3, 0.4) is 0 Å². The second kappa shape index (κ2) is 11.1. The van der Waals surface area contributed by atoms with Crippen molar-refractivity contribution < 1.29 is 34.5 Å². The van der Waals surface area contributed by atoms with E-state index in [0.717, 1.165) is 36.7 Å². The smallest absolute Gasteiger partial charge is 0.410 e.